The van der Waals surface area contributed by atoms with E-state index < -0.39 is 6.10 Å². The number of aromatic hydroxyl groups is 2. The number of methoxy groups -OCH3 is 1. The number of ether oxygens (including phenoxy) is 3. The van der Waals surface area contributed by atoms with E-state index in [1.807, 2.05) is 30.3 Å². The van der Waals surface area contributed by atoms with E-state index >= 15 is 0 Å². The Bertz CT molecular complexity index is 1370. The third-order valence-electron chi connectivity index (χ3n) is 5.71. The van der Waals surface area contributed by atoms with Gasteiger partial charge >= 0.3 is 0 Å². The molecule has 0 fully saturated rings. The molecule has 0 spiro atoms. The Labute approximate surface area is 201 Å². The number of carbonyl (C=O) groups is 1. The zero-order valence-electron chi connectivity index (χ0n) is 18.9. The number of nitrogens with zero attached hydrogens (tertiary/aromatic N) is 3. The summed E-state index contributed by atoms with van der Waals surface area (Å²) in [5.41, 5.74) is 2.44. The van der Waals surface area contributed by atoms with Crippen LogP contribution in [0, 0.1) is 0 Å². The zero-order valence-corrected chi connectivity index (χ0v) is 18.9. The summed E-state index contributed by atoms with van der Waals surface area (Å²) in [6.45, 7) is 0.711. The zero-order chi connectivity index (χ0) is 24.4. The number of Topliss-reactive ketones (excluding diaryl/α,β-unsaturated/α-hetero) is 1. The highest BCUT2D eigenvalue weighted by Gasteiger charge is 2.31. The molecule has 0 bridgehead atoms. The third kappa shape index (κ3) is 4.74. The van der Waals surface area contributed by atoms with Crippen molar-refractivity contribution < 1.29 is 29.2 Å². The number of phenols is 2. The predicted molar refractivity (Wildman–Crippen MR) is 125 cm³/mol. The summed E-state index contributed by atoms with van der Waals surface area (Å²) in [5.74, 6) is 0.331. The Morgan fingerprint density at radius 2 is 1.91 bits per heavy atom. The van der Waals surface area contributed by atoms with Crippen LogP contribution in [0.25, 0.3) is 0 Å². The minimum absolute atomic E-state index is 0.0249. The van der Waals surface area contributed by atoms with Crippen LogP contribution in [0.2, 0.25) is 0 Å². The number of hydrogen-bond acceptors (Lipinski definition) is 8. The van der Waals surface area contributed by atoms with Gasteiger partial charge in [-0.2, -0.15) is 0 Å². The molecule has 0 saturated heterocycles. The number of hydrogen-bond donors (Lipinski definition) is 2. The number of phenolic OH excluding ortho intramolecular Hbond substituents is 2. The molecule has 2 heterocycles. The van der Waals surface area contributed by atoms with Crippen LogP contribution in [0.5, 0.6) is 28.7 Å². The fourth-order valence-corrected chi connectivity index (χ4v) is 4.00. The van der Waals surface area contributed by atoms with Crippen molar-refractivity contribution in [3.63, 3.8) is 0 Å². The van der Waals surface area contributed by atoms with Crippen LogP contribution in [0.3, 0.4) is 0 Å². The molecule has 1 atom stereocenters. The van der Waals surface area contributed by atoms with Crippen LogP contribution in [0.4, 0.5) is 0 Å². The van der Waals surface area contributed by atoms with Gasteiger partial charge in [-0.15, -0.1) is 5.10 Å². The van der Waals surface area contributed by atoms with E-state index in [0.29, 0.717) is 29.3 Å². The van der Waals surface area contributed by atoms with Gasteiger partial charge in [-0.05, 0) is 23.3 Å². The van der Waals surface area contributed by atoms with Crippen molar-refractivity contribution in [1.82, 2.24) is 15.0 Å². The lowest BCUT2D eigenvalue weighted by atomic mass is 9.95. The Balaban J connectivity index is 1.30. The topological polar surface area (TPSA) is 116 Å². The maximum atomic E-state index is 12.8. The van der Waals surface area contributed by atoms with E-state index in [4.69, 9.17) is 14.2 Å². The first-order valence-corrected chi connectivity index (χ1v) is 11.0. The van der Waals surface area contributed by atoms with E-state index in [-0.39, 0.29) is 41.6 Å². The molecule has 0 saturated carbocycles. The van der Waals surface area contributed by atoms with Gasteiger partial charge in [0.15, 0.2) is 17.3 Å². The molecule has 3 aromatic carbocycles. The summed E-state index contributed by atoms with van der Waals surface area (Å²) in [5, 5.41) is 28.8. The molecule has 0 radical (unpaired) electrons. The lowest BCUT2D eigenvalue weighted by Gasteiger charge is -2.26. The van der Waals surface area contributed by atoms with Gasteiger partial charge < -0.3 is 24.4 Å². The first kappa shape index (κ1) is 22.3. The van der Waals surface area contributed by atoms with Crippen molar-refractivity contribution >= 4 is 5.78 Å². The molecule has 9 heteroatoms. The molecule has 4 aromatic rings. The highest BCUT2D eigenvalue weighted by Crippen LogP contribution is 2.43. The number of rotatable bonds is 7. The van der Waals surface area contributed by atoms with Gasteiger partial charge in [0, 0.05) is 12.1 Å². The number of fused-ring (bicyclic) bond motifs is 1. The van der Waals surface area contributed by atoms with Crippen molar-refractivity contribution in [3.05, 3.63) is 89.2 Å². The average molecular weight is 473 g/mol. The molecule has 1 aromatic heterocycles. The van der Waals surface area contributed by atoms with Crippen molar-refractivity contribution in [2.75, 3.05) is 7.11 Å². The van der Waals surface area contributed by atoms with Crippen molar-refractivity contribution in [1.29, 1.82) is 0 Å². The molecule has 178 valence electrons. The van der Waals surface area contributed by atoms with Gasteiger partial charge in [0.1, 0.15) is 41.2 Å². The molecular weight excluding hydrogens is 450 g/mol. The number of ketones is 1. The monoisotopic (exact) mass is 473 g/mol. The van der Waals surface area contributed by atoms with Crippen LogP contribution in [-0.4, -0.2) is 38.1 Å². The maximum absolute atomic E-state index is 12.8. The molecule has 0 unspecified atom stereocenters. The number of benzene rings is 3. The van der Waals surface area contributed by atoms with Crippen molar-refractivity contribution in [2.45, 2.75) is 25.7 Å². The van der Waals surface area contributed by atoms with Gasteiger partial charge in [-0.1, -0.05) is 41.6 Å². The van der Waals surface area contributed by atoms with Crippen molar-refractivity contribution in [3.8, 4) is 28.7 Å². The lowest BCUT2D eigenvalue weighted by Crippen LogP contribution is -2.20. The highest BCUT2D eigenvalue weighted by molar-refractivity contribution is 6.02. The van der Waals surface area contributed by atoms with Gasteiger partial charge in [0.25, 0.3) is 0 Å². The summed E-state index contributed by atoms with van der Waals surface area (Å²) < 4.78 is 18.6. The standard InChI is InChI=1S/C26H23N3O6/c1-33-23-8-7-17(9-20(23)30)24-12-22(32)26-21(31)10-19(11-25(26)35-24)34-15-18-14-29(28-27-18)13-16-5-3-2-4-6-16/h2-11,14,24,30-31H,12-13,15H2,1H3/t24-/m0/s1. The van der Waals surface area contributed by atoms with E-state index in [1.165, 1.54) is 19.2 Å². The maximum Gasteiger partial charge on any atom is 0.174 e. The van der Waals surface area contributed by atoms with E-state index in [1.54, 1.807) is 29.1 Å². The number of carbonyl (C=O) groups excluding carboxylic acids is 1. The largest absolute Gasteiger partial charge is 0.507 e. The summed E-state index contributed by atoms with van der Waals surface area (Å²) in [4.78, 5) is 12.8. The molecule has 1 aliphatic heterocycles. The van der Waals surface area contributed by atoms with Crippen molar-refractivity contribution in [2.24, 2.45) is 0 Å². The number of aromatic nitrogens is 3. The summed E-state index contributed by atoms with van der Waals surface area (Å²) in [7, 11) is 1.46. The first-order valence-electron chi connectivity index (χ1n) is 11.0. The van der Waals surface area contributed by atoms with Crippen LogP contribution in [0.1, 0.15) is 39.7 Å². The second kappa shape index (κ2) is 9.38. The first-order chi connectivity index (χ1) is 17.0. The fourth-order valence-electron chi connectivity index (χ4n) is 4.00. The van der Waals surface area contributed by atoms with Crippen LogP contribution < -0.4 is 14.2 Å². The lowest BCUT2D eigenvalue weighted by molar-refractivity contribution is 0.0844. The Morgan fingerprint density at radius 3 is 2.69 bits per heavy atom. The summed E-state index contributed by atoms with van der Waals surface area (Å²) in [6.07, 6.45) is 1.19. The minimum atomic E-state index is -0.626. The second-order valence-corrected chi connectivity index (χ2v) is 8.16. The van der Waals surface area contributed by atoms with E-state index in [0.717, 1.165) is 5.56 Å². The third-order valence-corrected chi connectivity index (χ3v) is 5.71. The minimum Gasteiger partial charge on any atom is -0.507 e. The van der Waals surface area contributed by atoms with Crippen LogP contribution in [-0.2, 0) is 13.2 Å². The highest BCUT2D eigenvalue weighted by atomic mass is 16.5. The van der Waals surface area contributed by atoms with Gasteiger partial charge in [0.2, 0.25) is 0 Å². The Kier molecular flexibility index (Phi) is 5.97. The second-order valence-electron chi connectivity index (χ2n) is 8.16. The van der Waals surface area contributed by atoms with Gasteiger partial charge in [-0.3, -0.25) is 4.79 Å². The molecule has 9 nitrogen and oxygen atoms in total. The summed E-state index contributed by atoms with van der Waals surface area (Å²) in [6, 6.07) is 17.7. The van der Waals surface area contributed by atoms with E-state index in [9.17, 15) is 15.0 Å². The van der Waals surface area contributed by atoms with Crippen LogP contribution in [0.15, 0.2) is 66.9 Å². The normalized spacial score (nSPS) is 14.8. The van der Waals surface area contributed by atoms with Gasteiger partial charge in [-0.25, -0.2) is 4.68 Å². The molecular formula is C26H23N3O6. The molecule has 0 amide bonds. The quantitative estimate of drug-likeness (QED) is 0.413. The van der Waals surface area contributed by atoms with Gasteiger partial charge in [0.05, 0.1) is 26.3 Å². The summed E-state index contributed by atoms with van der Waals surface area (Å²) >= 11 is 0. The Morgan fingerprint density at radius 1 is 1.09 bits per heavy atom. The molecule has 5 rings (SSSR count). The SMILES string of the molecule is COc1ccc([C@@H]2CC(=O)c3c(O)cc(OCc4cn(Cc5ccccc5)nn4)cc3O2)cc1O. The average Bonchev–Trinajstić information content (AvgIpc) is 3.30. The van der Waals surface area contributed by atoms with E-state index in [2.05, 4.69) is 10.3 Å². The Hall–Kier alpha value is -4.53. The predicted octanol–water partition coefficient (Wildman–Crippen LogP) is 4.03. The molecule has 2 N–H and O–H groups in total. The smallest absolute Gasteiger partial charge is 0.174 e. The van der Waals surface area contributed by atoms with Crippen LogP contribution >= 0.6 is 0 Å². The molecule has 35 heavy (non-hydrogen) atoms. The fraction of sp³-hybridized carbons (Fsp3) is 0.192. The molecule has 1 aliphatic rings. The molecule has 0 aliphatic carbocycles.